The molecular formula is C14H19NO4. The van der Waals surface area contributed by atoms with E-state index in [9.17, 15) is 9.90 Å². The first-order valence-corrected chi connectivity index (χ1v) is 6.41. The molecule has 5 heteroatoms. The Morgan fingerprint density at radius 2 is 2.21 bits per heavy atom. The molecule has 0 saturated carbocycles. The zero-order valence-electron chi connectivity index (χ0n) is 11.0. The normalized spacial score (nSPS) is 19.9. The molecule has 0 radical (unpaired) electrons. The third kappa shape index (κ3) is 3.61. The first kappa shape index (κ1) is 13.7. The lowest BCUT2D eigenvalue weighted by molar-refractivity contribution is -0.148. The van der Waals surface area contributed by atoms with Crippen LogP contribution in [0.25, 0.3) is 0 Å². The summed E-state index contributed by atoms with van der Waals surface area (Å²) in [6.45, 7) is 2.04. The van der Waals surface area contributed by atoms with Crippen LogP contribution in [0.1, 0.15) is 6.42 Å². The van der Waals surface area contributed by atoms with Crippen LogP contribution >= 0.6 is 0 Å². The molecule has 0 aromatic heterocycles. The summed E-state index contributed by atoms with van der Waals surface area (Å²) in [6, 6.07) is 6.46. The van der Waals surface area contributed by atoms with E-state index in [1.807, 2.05) is 0 Å². The second-order valence-electron chi connectivity index (χ2n) is 4.69. The van der Waals surface area contributed by atoms with E-state index in [1.54, 1.807) is 24.3 Å². The van der Waals surface area contributed by atoms with Gasteiger partial charge in [-0.1, -0.05) is 0 Å². The first-order valence-electron chi connectivity index (χ1n) is 6.41. The smallest absolute Gasteiger partial charge is 0.312 e. The number of carbonyl (C=O) groups is 1. The van der Waals surface area contributed by atoms with Crippen LogP contribution in [-0.4, -0.2) is 37.9 Å². The third-order valence-corrected chi connectivity index (χ3v) is 3.44. The Bertz CT molecular complexity index is 412. The van der Waals surface area contributed by atoms with Crippen LogP contribution < -0.4 is 10.1 Å². The van der Waals surface area contributed by atoms with Crippen molar-refractivity contribution in [1.29, 1.82) is 0 Å². The van der Waals surface area contributed by atoms with Gasteiger partial charge in [0.05, 0.1) is 13.0 Å². The molecule has 19 heavy (non-hydrogen) atoms. The number of ether oxygens (including phenoxy) is 2. The molecule has 0 spiro atoms. The summed E-state index contributed by atoms with van der Waals surface area (Å²) < 4.78 is 10.5. The SMILES string of the molecule is COC(=O)C(COc1ccc(O)cc1)C1CCNC1. The van der Waals surface area contributed by atoms with Crippen LogP contribution in [0, 0.1) is 11.8 Å². The van der Waals surface area contributed by atoms with Crippen LogP contribution in [0.5, 0.6) is 11.5 Å². The number of hydrogen-bond donors (Lipinski definition) is 2. The number of hydrogen-bond acceptors (Lipinski definition) is 5. The molecule has 2 N–H and O–H groups in total. The highest BCUT2D eigenvalue weighted by Crippen LogP contribution is 2.23. The number of methoxy groups -OCH3 is 1. The number of carbonyl (C=O) groups excluding carboxylic acids is 1. The fraction of sp³-hybridized carbons (Fsp3) is 0.500. The summed E-state index contributed by atoms with van der Waals surface area (Å²) in [6.07, 6.45) is 0.957. The van der Waals surface area contributed by atoms with E-state index in [2.05, 4.69) is 5.32 Å². The molecule has 1 saturated heterocycles. The molecule has 1 aromatic carbocycles. The molecule has 0 bridgehead atoms. The topological polar surface area (TPSA) is 67.8 Å². The Hall–Kier alpha value is -1.75. The second kappa shape index (κ2) is 6.43. The largest absolute Gasteiger partial charge is 0.508 e. The minimum atomic E-state index is -0.256. The molecule has 0 amide bonds. The summed E-state index contributed by atoms with van der Waals surface area (Å²) in [5, 5.41) is 12.4. The third-order valence-electron chi connectivity index (χ3n) is 3.44. The number of aromatic hydroxyl groups is 1. The van der Waals surface area contributed by atoms with Gasteiger partial charge >= 0.3 is 5.97 Å². The van der Waals surface area contributed by atoms with E-state index in [-0.39, 0.29) is 23.6 Å². The molecule has 5 nitrogen and oxygen atoms in total. The average Bonchev–Trinajstić information content (AvgIpc) is 2.94. The Balaban J connectivity index is 1.95. The lowest BCUT2D eigenvalue weighted by Crippen LogP contribution is -2.31. The Kier molecular flexibility index (Phi) is 4.63. The fourth-order valence-electron chi connectivity index (χ4n) is 2.30. The monoisotopic (exact) mass is 265 g/mol. The van der Waals surface area contributed by atoms with E-state index < -0.39 is 0 Å². The van der Waals surface area contributed by atoms with E-state index in [1.165, 1.54) is 7.11 Å². The summed E-state index contributed by atoms with van der Waals surface area (Å²) in [5.41, 5.74) is 0. The van der Waals surface area contributed by atoms with Gasteiger partial charge < -0.3 is 19.9 Å². The lowest BCUT2D eigenvalue weighted by Gasteiger charge is -2.20. The Morgan fingerprint density at radius 3 is 2.79 bits per heavy atom. The van der Waals surface area contributed by atoms with Gasteiger partial charge in [-0.2, -0.15) is 0 Å². The number of rotatable bonds is 5. The van der Waals surface area contributed by atoms with Crippen molar-refractivity contribution in [3.05, 3.63) is 24.3 Å². The number of phenols is 1. The predicted molar refractivity (Wildman–Crippen MR) is 70.1 cm³/mol. The Labute approximate surface area is 112 Å². The van der Waals surface area contributed by atoms with Crippen molar-refractivity contribution < 1.29 is 19.4 Å². The molecule has 1 aliphatic heterocycles. The Morgan fingerprint density at radius 1 is 1.47 bits per heavy atom. The van der Waals surface area contributed by atoms with Gasteiger partial charge in [0, 0.05) is 0 Å². The molecule has 2 rings (SSSR count). The first-order chi connectivity index (χ1) is 9.20. The zero-order valence-corrected chi connectivity index (χ0v) is 11.0. The van der Waals surface area contributed by atoms with Gasteiger partial charge in [0.25, 0.3) is 0 Å². The van der Waals surface area contributed by atoms with Crippen LogP contribution in [0.15, 0.2) is 24.3 Å². The van der Waals surface area contributed by atoms with Gasteiger partial charge in [0.1, 0.15) is 18.1 Å². The highest BCUT2D eigenvalue weighted by atomic mass is 16.5. The number of phenolic OH excluding ortho intramolecular Hbond substituents is 1. The second-order valence-corrected chi connectivity index (χ2v) is 4.69. The maximum Gasteiger partial charge on any atom is 0.312 e. The fourth-order valence-corrected chi connectivity index (χ4v) is 2.30. The highest BCUT2D eigenvalue weighted by Gasteiger charge is 2.32. The molecule has 1 fully saturated rings. The van der Waals surface area contributed by atoms with Crippen molar-refractivity contribution in [2.45, 2.75) is 6.42 Å². The summed E-state index contributed by atoms with van der Waals surface area (Å²) in [4.78, 5) is 11.8. The molecule has 2 unspecified atom stereocenters. The van der Waals surface area contributed by atoms with Gasteiger partial charge in [-0.05, 0) is 49.7 Å². The lowest BCUT2D eigenvalue weighted by atomic mass is 9.92. The van der Waals surface area contributed by atoms with E-state index in [4.69, 9.17) is 9.47 Å². The van der Waals surface area contributed by atoms with Gasteiger partial charge in [-0.25, -0.2) is 0 Å². The van der Waals surface area contributed by atoms with Gasteiger partial charge in [-0.15, -0.1) is 0 Å². The van der Waals surface area contributed by atoms with Crippen LogP contribution in [0.4, 0.5) is 0 Å². The maximum atomic E-state index is 11.8. The summed E-state index contributed by atoms with van der Waals surface area (Å²) >= 11 is 0. The van der Waals surface area contributed by atoms with Crippen LogP contribution in [-0.2, 0) is 9.53 Å². The van der Waals surface area contributed by atoms with Crippen molar-refractivity contribution >= 4 is 5.97 Å². The van der Waals surface area contributed by atoms with Crippen molar-refractivity contribution in [3.63, 3.8) is 0 Å². The molecule has 2 atom stereocenters. The van der Waals surface area contributed by atoms with E-state index in [0.29, 0.717) is 12.4 Å². The number of nitrogens with one attached hydrogen (secondary N) is 1. The van der Waals surface area contributed by atoms with Gasteiger partial charge in [0.15, 0.2) is 0 Å². The molecule has 104 valence electrons. The molecule has 1 heterocycles. The molecular weight excluding hydrogens is 246 g/mol. The van der Waals surface area contributed by atoms with E-state index >= 15 is 0 Å². The minimum absolute atomic E-state index is 0.192. The predicted octanol–water partition coefficient (Wildman–Crippen LogP) is 1.17. The van der Waals surface area contributed by atoms with Gasteiger partial charge in [0.2, 0.25) is 0 Å². The van der Waals surface area contributed by atoms with Crippen molar-refractivity contribution in [3.8, 4) is 11.5 Å². The van der Waals surface area contributed by atoms with E-state index in [0.717, 1.165) is 19.5 Å². The molecule has 0 aliphatic carbocycles. The standard InChI is InChI=1S/C14H19NO4/c1-18-14(17)13(10-6-7-15-8-10)9-19-12-4-2-11(16)3-5-12/h2-5,10,13,15-16H,6-9H2,1H3. The maximum absolute atomic E-state index is 11.8. The zero-order chi connectivity index (χ0) is 13.7. The molecule has 1 aliphatic rings. The van der Waals surface area contributed by atoms with Gasteiger partial charge in [-0.3, -0.25) is 4.79 Å². The minimum Gasteiger partial charge on any atom is -0.508 e. The van der Waals surface area contributed by atoms with Crippen molar-refractivity contribution in [1.82, 2.24) is 5.32 Å². The molecule has 1 aromatic rings. The summed E-state index contributed by atoms with van der Waals surface area (Å²) in [5.74, 6) is 0.598. The number of benzene rings is 1. The highest BCUT2D eigenvalue weighted by molar-refractivity contribution is 5.73. The quantitative estimate of drug-likeness (QED) is 0.782. The van der Waals surface area contributed by atoms with Crippen LogP contribution in [0.3, 0.4) is 0 Å². The number of esters is 1. The summed E-state index contributed by atoms with van der Waals surface area (Å²) in [7, 11) is 1.40. The van der Waals surface area contributed by atoms with Crippen molar-refractivity contribution in [2.24, 2.45) is 11.8 Å². The average molecular weight is 265 g/mol. The van der Waals surface area contributed by atoms with Crippen LogP contribution in [0.2, 0.25) is 0 Å². The van der Waals surface area contributed by atoms with Crippen molar-refractivity contribution in [2.75, 3.05) is 26.8 Å².